The van der Waals surface area contributed by atoms with Crippen molar-refractivity contribution in [2.24, 2.45) is 0 Å². The Bertz CT molecular complexity index is 1140. The molecule has 0 spiro atoms. The summed E-state index contributed by atoms with van der Waals surface area (Å²) in [6.07, 6.45) is 5.48. The molecule has 0 unspecified atom stereocenters. The van der Waals surface area contributed by atoms with Gasteiger partial charge in [0.25, 0.3) is 0 Å². The van der Waals surface area contributed by atoms with E-state index in [9.17, 15) is 19.2 Å². The number of ketones is 2. The molecule has 9 heteroatoms. The van der Waals surface area contributed by atoms with Crippen LogP contribution in [-0.4, -0.2) is 63.4 Å². The minimum atomic E-state index is -0.902. The van der Waals surface area contributed by atoms with Gasteiger partial charge in [-0.1, -0.05) is 0 Å². The van der Waals surface area contributed by atoms with Crippen molar-refractivity contribution >= 4 is 23.5 Å². The standard InChI is InChI=1S/C25H25NO8/c1-14-8-21(28)15(9-20(14)27)11-26-12-18(24(29)33-4)23(19(13-26)25(30)34-5)17-10-16(31-2)6-7-22(17)32-3/h6-10,12-13,23H,11H2,1-5H3. The second-order valence-electron chi connectivity index (χ2n) is 7.59. The zero-order valence-corrected chi connectivity index (χ0v) is 19.5. The first kappa shape index (κ1) is 24.5. The minimum absolute atomic E-state index is 0.0443. The maximum atomic E-state index is 12.8. The molecule has 1 aromatic carbocycles. The molecule has 9 nitrogen and oxygen atoms in total. The average Bonchev–Trinajstić information content (AvgIpc) is 2.85. The molecule has 0 fully saturated rings. The van der Waals surface area contributed by atoms with Crippen molar-refractivity contribution in [3.05, 3.63) is 70.6 Å². The number of esters is 2. The van der Waals surface area contributed by atoms with Gasteiger partial charge >= 0.3 is 11.9 Å². The molecule has 0 saturated heterocycles. The molecule has 0 radical (unpaired) electrons. The van der Waals surface area contributed by atoms with Crippen LogP contribution in [0.25, 0.3) is 0 Å². The van der Waals surface area contributed by atoms with Crippen LogP contribution in [0.2, 0.25) is 0 Å². The van der Waals surface area contributed by atoms with Gasteiger partial charge in [-0.2, -0.15) is 0 Å². The molecular weight excluding hydrogens is 442 g/mol. The Morgan fingerprint density at radius 1 is 0.882 bits per heavy atom. The highest BCUT2D eigenvalue weighted by Gasteiger charge is 2.37. The molecule has 1 heterocycles. The van der Waals surface area contributed by atoms with Gasteiger partial charge in [0.05, 0.1) is 52.0 Å². The number of nitrogens with zero attached hydrogens (tertiary/aromatic N) is 1. The van der Waals surface area contributed by atoms with Crippen LogP contribution in [0.5, 0.6) is 11.5 Å². The van der Waals surface area contributed by atoms with Crippen molar-refractivity contribution in [1.29, 1.82) is 0 Å². The summed E-state index contributed by atoms with van der Waals surface area (Å²) < 4.78 is 20.8. The van der Waals surface area contributed by atoms with E-state index in [2.05, 4.69) is 0 Å². The average molecular weight is 467 g/mol. The Morgan fingerprint density at radius 2 is 1.50 bits per heavy atom. The number of methoxy groups -OCH3 is 4. The van der Waals surface area contributed by atoms with Crippen molar-refractivity contribution < 1.29 is 38.1 Å². The molecule has 34 heavy (non-hydrogen) atoms. The van der Waals surface area contributed by atoms with Crippen molar-refractivity contribution in [2.75, 3.05) is 35.0 Å². The van der Waals surface area contributed by atoms with Gasteiger partial charge in [-0.05, 0) is 37.3 Å². The Hall–Kier alpha value is -4.14. The van der Waals surface area contributed by atoms with E-state index < -0.39 is 17.9 Å². The summed E-state index contributed by atoms with van der Waals surface area (Å²) >= 11 is 0. The zero-order valence-electron chi connectivity index (χ0n) is 19.5. The van der Waals surface area contributed by atoms with Crippen LogP contribution in [0.1, 0.15) is 18.4 Å². The lowest BCUT2D eigenvalue weighted by molar-refractivity contribution is -0.137. The summed E-state index contributed by atoms with van der Waals surface area (Å²) in [6, 6.07) is 5.01. The lowest BCUT2D eigenvalue weighted by atomic mass is 9.82. The highest BCUT2D eigenvalue weighted by atomic mass is 16.5. The molecule has 1 aliphatic carbocycles. The Morgan fingerprint density at radius 3 is 2.03 bits per heavy atom. The van der Waals surface area contributed by atoms with Gasteiger partial charge in [-0.3, -0.25) is 9.59 Å². The summed E-state index contributed by atoms with van der Waals surface area (Å²) in [7, 11) is 5.41. The second kappa shape index (κ2) is 10.2. The quantitative estimate of drug-likeness (QED) is 0.441. The molecule has 0 N–H and O–H groups in total. The van der Waals surface area contributed by atoms with E-state index in [0.717, 1.165) is 0 Å². The molecule has 0 saturated carbocycles. The van der Waals surface area contributed by atoms with Gasteiger partial charge < -0.3 is 23.8 Å². The maximum Gasteiger partial charge on any atom is 0.336 e. The molecule has 1 aromatic rings. The first-order valence-electron chi connectivity index (χ1n) is 10.3. The maximum absolute atomic E-state index is 12.8. The molecule has 3 rings (SSSR count). The number of benzene rings is 1. The third kappa shape index (κ3) is 4.78. The number of hydrogen-bond donors (Lipinski definition) is 0. The molecular formula is C25H25NO8. The number of carbonyl (C=O) groups excluding carboxylic acids is 4. The van der Waals surface area contributed by atoms with Crippen LogP contribution in [0, 0.1) is 0 Å². The highest BCUT2D eigenvalue weighted by molar-refractivity contribution is 6.19. The van der Waals surface area contributed by atoms with Crippen molar-refractivity contribution in [1.82, 2.24) is 4.90 Å². The molecule has 1 aliphatic heterocycles. The van der Waals surface area contributed by atoms with E-state index in [0.29, 0.717) is 22.6 Å². The number of hydrogen-bond acceptors (Lipinski definition) is 9. The molecule has 0 amide bonds. The van der Waals surface area contributed by atoms with E-state index in [-0.39, 0.29) is 34.8 Å². The number of ether oxygens (including phenoxy) is 4. The van der Waals surface area contributed by atoms with E-state index in [4.69, 9.17) is 18.9 Å². The van der Waals surface area contributed by atoms with Crippen LogP contribution >= 0.6 is 0 Å². The fourth-order valence-electron chi connectivity index (χ4n) is 3.80. The minimum Gasteiger partial charge on any atom is -0.497 e. The van der Waals surface area contributed by atoms with Crippen LogP contribution in [-0.2, 0) is 28.7 Å². The smallest absolute Gasteiger partial charge is 0.336 e. The number of carbonyl (C=O) groups is 4. The van der Waals surface area contributed by atoms with Crippen molar-refractivity contribution in [3.8, 4) is 11.5 Å². The summed E-state index contributed by atoms with van der Waals surface area (Å²) in [6.45, 7) is 1.52. The molecule has 0 bridgehead atoms. The Labute approximate surface area is 196 Å². The largest absolute Gasteiger partial charge is 0.497 e. The molecule has 178 valence electrons. The van der Waals surface area contributed by atoms with Crippen molar-refractivity contribution in [2.45, 2.75) is 12.8 Å². The summed E-state index contributed by atoms with van der Waals surface area (Å²) in [5.74, 6) is -1.98. The predicted octanol–water partition coefficient (Wildman–Crippen LogP) is 2.24. The van der Waals surface area contributed by atoms with E-state index >= 15 is 0 Å². The van der Waals surface area contributed by atoms with Crippen LogP contribution in [0.4, 0.5) is 0 Å². The first-order chi connectivity index (χ1) is 16.2. The van der Waals surface area contributed by atoms with E-state index in [1.165, 1.54) is 57.9 Å². The normalized spacial score (nSPS) is 16.2. The monoisotopic (exact) mass is 467 g/mol. The lowest BCUT2D eigenvalue weighted by Crippen LogP contribution is -2.31. The summed E-state index contributed by atoms with van der Waals surface area (Å²) in [5.41, 5.74) is 1.26. The number of rotatable bonds is 7. The summed E-state index contributed by atoms with van der Waals surface area (Å²) in [5, 5.41) is 0. The fourth-order valence-corrected chi connectivity index (χ4v) is 3.80. The first-order valence-corrected chi connectivity index (χ1v) is 10.3. The van der Waals surface area contributed by atoms with Gasteiger partial charge in [0.2, 0.25) is 0 Å². The Balaban J connectivity index is 2.14. The van der Waals surface area contributed by atoms with Gasteiger partial charge in [0.1, 0.15) is 11.5 Å². The number of allylic oxidation sites excluding steroid dienone is 3. The third-order valence-corrected chi connectivity index (χ3v) is 5.53. The van der Waals surface area contributed by atoms with Gasteiger partial charge in [0.15, 0.2) is 11.6 Å². The van der Waals surface area contributed by atoms with Crippen LogP contribution in [0.15, 0.2) is 65.0 Å². The predicted molar refractivity (Wildman–Crippen MR) is 121 cm³/mol. The molecule has 0 aromatic heterocycles. The lowest BCUT2D eigenvalue weighted by Gasteiger charge is -2.31. The van der Waals surface area contributed by atoms with Crippen LogP contribution in [0.3, 0.4) is 0 Å². The highest BCUT2D eigenvalue weighted by Crippen LogP contribution is 2.42. The van der Waals surface area contributed by atoms with E-state index in [1.807, 2.05) is 0 Å². The molecule has 2 aliphatic rings. The van der Waals surface area contributed by atoms with E-state index in [1.54, 1.807) is 25.1 Å². The molecule has 0 atom stereocenters. The fraction of sp³-hybridized carbons (Fsp3) is 0.280. The second-order valence-corrected chi connectivity index (χ2v) is 7.59. The summed E-state index contributed by atoms with van der Waals surface area (Å²) in [4.78, 5) is 51.7. The Kier molecular flexibility index (Phi) is 7.35. The topological polar surface area (TPSA) is 108 Å². The SMILES string of the molecule is COC(=O)C1=CN(CC2=CC(=O)C(C)=CC2=O)C=C(C(=O)OC)C1c1cc(OC)ccc1OC. The van der Waals surface area contributed by atoms with Gasteiger partial charge in [-0.15, -0.1) is 0 Å². The van der Waals surface area contributed by atoms with Gasteiger partial charge in [-0.25, -0.2) is 9.59 Å². The van der Waals surface area contributed by atoms with Gasteiger partial charge in [0, 0.05) is 29.1 Å². The van der Waals surface area contributed by atoms with Crippen LogP contribution < -0.4 is 9.47 Å². The zero-order chi connectivity index (χ0) is 25.0. The third-order valence-electron chi connectivity index (χ3n) is 5.53. The van der Waals surface area contributed by atoms with Crippen molar-refractivity contribution in [3.63, 3.8) is 0 Å².